The van der Waals surface area contributed by atoms with Crippen molar-refractivity contribution in [3.8, 4) is 11.3 Å². The first kappa shape index (κ1) is 12.7. The molecule has 2 aromatic rings. The first-order valence-electron chi connectivity index (χ1n) is 6.45. The van der Waals surface area contributed by atoms with Crippen LogP contribution in [0.25, 0.3) is 11.3 Å². The van der Waals surface area contributed by atoms with Crippen molar-refractivity contribution in [1.82, 2.24) is 9.55 Å². The van der Waals surface area contributed by atoms with Crippen LogP contribution in [0.1, 0.15) is 45.5 Å². The van der Waals surface area contributed by atoms with Crippen molar-refractivity contribution in [3.63, 3.8) is 0 Å². The summed E-state index contributed by atoms with van der Waals surface area (Å²) in [5.74, 6) is 2.19. The number of aromatic nitrogens is 2. The number of imidazole rings is 1. The predicted molar refractivity (Wildman–Crippen MR) is 76.5 cm³/mol. The molecule has 96 valence electrons. The van der Waals surface area contributed by atoms with Crippen LogP contribution in [0.15, 0.2) is 30.3 Å². The molecule has 0 saturated carbocycles. The Morgan fingerprint density at radius 3 is 2.11 bits per heavy atom. The lowest BCUT2D eigenvalue weighted by atomic mass is 10.1. The molecule has 0 aliphatic heterocycles. The number of nitrogens with zero attached hydrogens (tertiary/aromatic N) is 2. The highest BCUT2D eigenvalue weighted by Gasteiger charge is 2.19. The van der Waals surface area contributed by atoms with Gasteiger partial charge in [0.25, 0.3) is 0 Å². The van der Waals surface area contributed by atoms with Gasteiger partial charge >= 0.3 is 0 Å². The number of nitrogen functional groups attached to an aromatic ring is 1. The normalized spacial score (nSPS) is 11.4. The van der Waals surface area contributed by atoms with Crippen LogP contribution in [0.2, 0.25) is 0 Å². The number of benzene rings is 1. The fraction of sp³-hybridized carbons (Fsp3) is 0.400. The molecule has 2 N–H and O–H groups in total. The maximum absolute atomic E-state index is 6.28. The summed E-state index contributed by atoms with van der Waals surface area (Å²) in [7, 11) is 0. The smallest absolute Gasteiger partial charge is 0.131 e. The second-order valence-corrected chi connectivity index (χ2v) is 5.19. The fourth-order valence-corrected chi connectivity index (χ4v) is 2.22. The van der Waals surface area contributed by atoms with Gasteiger partial charge in [0.2, 0.25) is 0 Å². The van der Waals surface area contributed by atoms with E-state index in [4.69, 9.17) is 10.7 Å². The number of hydrogen-bond acceptors (Lipinski definition) is 2. The van der Waals surface area contributed by atoms with Crippen LogP contribution in [0.5, 0.6) is 0 Å². The molecule has 1 heterocycles. The third-order valence-electron chi connectivity index (χ3n) is 3.06. The van der Waals surface area contributed by atoms with E-state index in [-0.39, 0.29) is 0 Å². The highest BCUT2D eigenvalue weighted by atomic mass is 15.2. The van der Waals surface area contributed by atoms with Crippen molar-refractivity contribution in [2.45, 2.75) is 39.7 Å². The van der Waals surface area contributed by atoms with E-state index in [1.807, 2.05) is 30.3 Å². The van der Waals surface area contributed by atoms with E-state index >= 15 is 0 Å². The lowest BCUT2D eigenvalue weighted by Crippen LogP contribution is -2.10. The predicted octanol–water partition coefficient (Wildman–Crippen LogP) is 3.84. The third-order valence-corrected chi connectivity index (χ3v) is 3.06. The van der Waals surface area contributed by atoms with E-state index in [9.17, 15) is 0 Å². The molecule has 0 atom stereocenters. The van der Waals surface area contributed by atoms with Crippen molar-refractivity contribution in [2.24, 2.45) is 0 Å². The monoisotopic (exact) mass is 243 g/mol. The molecule has 0 radical (unpaired) electrons. The topological polar surface area (TPSA) is 43.8 Å². The summed E-state index contributed by atoms with van der Waals surface area (Å²) in [6.45, 7) is 8.57. The zero-order chi connectivity index (χ0) is 13.3. The van der Waals surface area contributed by atoms with Gasteiger partial charge in [0.15, 0.2) is 0 Å². The van der Waals surface area contributed by atoms with E-state index < -0.39 is 0 Å². The second-order valence-electron chi connectivity index (χ2n) is 5.19. The summed E-state index contributed by atoms with van der Waals surface area (Å²) in [6, 6.07) is 10.5. The van der Waals surface area contributed by atoms with Gasteiger partial charge in [-0.2, -0.15) is 0 Å². The third kappa shape index (κ3) is 2.13. The van der Waals surface area contributed by atoms with Gasteiger partial charge in [0.05, 0.1) is 0 Å². The van der Waals surface area contributed by atoms with Crippen molar-refractivity contribution in [2.75, 3.05) is 5.73 Å². The average molecular weight is 243 g/mol. The Bertz CT molecular complexity index is 524. The molecule has 0 aliphatic rings. The van der Waals surface area contributed by atoms with Gasteiger partial charge in [-0.1, -0.05) is 44.2 Å². The van der Waals surface area contributed by atoms with Gasteiger partial charge in [-0.25, -0.2) is 4.98 Å². The Labute approximate surface area is 109 Å². The van der Waals surface area contributed by atoms with Crippen LogP contribution in [0.4, 0.5) is 5.82 Å². The maximum Gasteiger partial charge on any atom is 0.131 e. The number of nitrogens with two attached hydrogens (primary N) is 1. The van der Waals surface area contributed by atoms with Crippen LogP contribution in [0, 0.1) is 0 Å². The molecule has 1 aromatic carbocycles. The Kier molecular flexibility index (Phi) is 3.41. The number of anilines is 1. The van der Waals surface area contributed by atoms with Gasteiger partial charge in [-0.3, -0.25) is 0 Å². The van der Waals surface area contributed by atoms with Gasteiger partial charge in [-0.05, 0) is 13.8 Å². The summed E-state index contributed by atoms with van der Waals surface area (Å²) in [6.07, 6.45) is 0. The maximum atomic E-state index is 6.28. The van der Waals surface area contributed by atoms with Crippen LogP contribution in [-0.4, -0.2) is 9.55 Å². The van der Waals surface area contributed by atoms with Gasteiger partial charge in [0.1, 0.15) is 17.3 Å². The average Bonchev–Trinajstić information content (AvgIpc) is 2.68. The van der Waals surface area contributed by atoms with E-state index in [0.717, 1.165) is 22.9 Å². The van der Waals surface area contributed by atoms with Crippen molar-refractivity contribution >= 4 is 5.82 Å². The van der Waals surface area contributed by atoms with Crippen LogP contribution >= 0.6 is 0 Å². The van der Waals surface area contributed by atoms with Crippen LogP contribution in [-0.2, 0) is 0 Å². The van der Waals surface area contributed by atoms with Crippen LogP contribution < -0.4 is 5.73 Å². The lowest BCUT2D eigenvalue weighted by molar-refractivity contribution is 0.556. The van der Waals surface area contributed by atoms with Gasteiger partial charge in [0, 0.05) is 17.5 Å². The molecule has 0 fully saturated rings. The molecule has 3 heteroatoms. The molecular formula is C15H21N3. The van der Waals surface area contributed by atoms with E-state index in [0.29, 0.717) is 12.0 Å². The Morgan fingerprint density at radius 1 is 1.06 bits per heavy atom. The number of hydrogen-bond donors (Lipinski definition) is 1. The molecule has 18 heavy (non-hydrogen) atoms. The van der Waals surface area contributed by atoms with Gasteiger partial charge < -0.3 is 10.3 Å². The Morgan fingerprint density at radius 2 is 1.67 bits per heavy atom. The zero-order valence-electron chi connectivity index (χ0n) is 11.5. The molecule has 0 unspecified atom stereocenters. The molecule has 0 amide bonds. The first-order valence-corrected chi connectivity index (χ1v) is 6.45. The van der Waals surface area contributed by atoms with Crippen molar-refractivity contribution in [1.29, 1.82) is 0 Å². The molecule has 2 rings (SSSR count). The largest absolute Gasteiger partial charge is 0.383 e. The highest BCUT2D eigenvalue weighted by Crippen LogP contribution is 2.31. The highest BCUT2D eigenvalue weighted by molar-refractivity contribution is 5.71. The van der Waals surface area contributed by atoms with E-state index in [2.05, 4.69) is 32.3 Å². The SMILES string of the molecule is CC(C)c1nc(-c2ccccc2)c(N)n1C(C)C. The standard InChI is InChI=1S/C15H21N3/c1-10(2)15-17-13(12-8-6-5-7-9-12)14(16)18(15)11(3)4/h5-11H,16H2,1-4H3. The molecule has 1 aromatic heterocycles. The van der Waals surface area contributed by atoms with Crippen LogP contribution in [0.3, 0.4) is 0 Å². The summed E-state index contributed by atoms with van der Waals surface area (Å²) in [5.41, 5.74) is 8.25. The van der Waals surface area contributed by atoms with Gasteiger partial charge in [-0.15, -0.1) is 0 Å². The quantitative estimate of drug-likeness (QED) is 0.890. The minimum atomic E-state index is 0.326. The fourth-order valence-electron chi connectivity index (χ4n) is 2.22. The molecule has 0 bridgehead atoms. The first-order chi connectivity index (χ1) is 8.52. The minimum Gasteiger partial charge on any atom is -0.383 e. The molecule has 0 saturated heterocycles. The summed E-state index contributed by atoms with van der Waals surface area (Å²) in [4.78, 5) is 4.74. The number of rotatable bonds is 3. The Hall–Kier alpha value is -1.77. The van der Waals surface area contributed by atoms with Crippen molar-refractivity contribution < 1.29 is 0 Å². The summed E-state index contributed by atoms with van der Waals surface area (Å²) >= 11 is 0. The second kappa shape index (κ2) is 4.84. The lowest BCUT2D eigenvalue weighted by Gasteiger charge is -2.15. The minimum absolute atomic E-state index is 0.326. The Balaban J connectivity index is 2.61. The molecule has 3 nitrogen and oxygen atoms in total. The molecule has 0 spiro atoms. The summed E-state index contributed by atoms with van der Waals surface area (Å²) < 4.78 is 2.13. The summed E-state index contributed by atoms with van der Waals surface area (Å²) in [5, 5.41) is 0. The van der Waals surface area contributed by atoms with E-state index in [1.165, 1.54) is 0 Å². The van der Waals surface area contributed by atoms with Crippen molar-refractivity contribution in [3.05, 3.63) is 36.2 Å². The zero-order valence-corrected chi connectivity index (χ0v) is 11.5. The molecule has 0 aliphatic carbocycles. The van der Waals surface area contributed by atoms with E-state index in [1.54, 1.807) is 0 Å². The molecular weight excluding hydrogens is 222 g/mol.